The van der Waals surface area contributed by atoms with Crippen molar-refractivity contribution in [2.24, 2.45) is 0 Å². The number of amides is 1. The molecule has 1 aromatic carbocycles. The van der Waals surface area contributed by atoms with Crippen LogP contribution in [0.5, 0.6) is 0 Å². The lowest BCUT2D eigenvalue weighted by Crippen LogP contribution is -2.23. The molecule has 25 heavy (non-hydrogen) atoms. The summed E-state index contributed by atoms with van der Waals surface area (Å²) >= 11 is 1.44. The van der Waals surface area contributed by atoms with Gasteiger partial charge in [-0.05, 0) is 50.8 Å². The number of aryl methyl sites for hydroxylation is 2. The van der Waals surface area contributed by atoms with Gasteiger partial charge < -0.3 is 9.88 Å². The van der Waals surface area contributed by atoms with Crippen molar-refractivity contribution in [2.75, 3.05) is 5.32 Å². The van der Waals surface area contributed by atoms with Crippen molar-refractivity contribution >= 4 is 23.4 Å². The minimum absolute atomic E-state index is 0.0279. The first-order valence-electron chi connectivity index (χ1n) is 8.58. The first kappa shape index (κ1) is 17.7. The van der Waals surface area contributed by atoms with Gasteiger partial charge >= 0.3 is 0 Å². The number of thioether (sulfide) groups is 1. The molecule has 1 amide bonds. The summed E-state index contributed by atoms with van der Waals surface area (Å²) in [6.07, 6.45) is 4.19. The topological polar surface area (TPSA) is 59.8 Å². The minimum Gasteiger partial charge on any atom is -0.325 e. The lowest BCUT2D eigenvalue weighted by atomic mass is 10.1. The highest BCUT2D eigenvalue weighted by atomic mass is 32.2. The Balaban J connectivity index is 1.71. The number of anilines is 1. The van der Waals surface area contributed by atoms with E-state index in [0.717, 1.165) is 27.8 Å². The van der Waals surface area contributed by atoms with Crippen LogP contribution in [0, 0.1) is 13.8 Å². The molecule has 5 nitrogen and oxygen atoms in total. The van der Waals surface area contributed by atoms with E-state index in [-0.39, 0.29) is 11.2 Å². The summed E-state index contributed by atoms with van der Waals surface area (Å²) in [6.45, 7) is 10.4. The molecule has 0 spiro atoms. The highest BCUT2D eigenvalue weighted by Crippen LogP contribution is 2.40. The van der Waals surface area contributed by atoms with Gasteiger partial charge in [-0.2, -0.15) is 0 Å². The van der Waals surface area contributed by atoms with Gasteiger partial charge in [0, 0.05) is 18.2 Å². The SMILES string of the molecule is C=CCn1c(SC(C)C(=O)Nc2cc(C)ccc2C)nnc1C1CC1. The molecule has 1 fully saturated rings. The smallest absolute Gasteiger partial charge is 0.237 e. The van der Waals surface area contributed by atoms with Crippen LogP contribution >= 0.6 is 11.8 Å². The van der Waals surface area contributed by atoms with E-state index in [1.54, 1.807) is 0 Å². The third kappa shape index (κ3) is 4.12. The van der Waals surface area contributed by atoms with Crippen LogP contribution in [0.1, 0.15) is 42.6 Å². The Morgan fingerprint density at radius 3 is 2.88 bits per heavy atom. The molecule has 3 rings (SSSR count). The summed E-state index contributed by atoms with van der Waals surface area (Å²) < 4.78 is 2.08. The van der Waals surface area contributed by atoms with Crippen molar-refractivity contribution in [1.29, 1.82) is 0 Å². The predicted molar refractivity (Wildman–Crippen MR) is 102 cm³/mol. The second kappa shape index (κ2) is 7.44. The largest absolute Gasteiger partial charge is 0.325 e. The van der Waals surface area contributed by atoms with Crippen LogP contribution in [0.15, 0.2) is 36.0 Å². The maximum Gasteiger partial charge on any atom is 0.237 e. The number of nitrogens with one attached hydrogen (secondary N) is 1. The van der Waals surface area contributed by atoms with Crippen molar-refractivity contribution in [3.63, 3.8) is 0 Å². The van der Waals surface area contributed by atoms with Crippen LogP contribution in [-0.2, 0) is 11.3 Å². The minimum atomic E-state index is -0.264. The van der Waals surface area contributed by atoms with E-state index in [0.29, 0.717) is 12.5 Å². The second-order valence-corrected chi connectivity index (χ2v) is 7.89. The summed E-state index contributed by atoms with van der Waals surface area (Å²) in [5.41, 5.74) is 3.05. The van der Waals surface area contributed by atoms with Crippen LogP contribution in [0.2, 0.25) is 0 Å². The van der Waals surface area contributed by atoms with E-state index < -0.39 is 0 Å². The van der Waals surface area contributed by atoms with Crippen LogP contribution in [0.25, 0.3) is 0 Å². The molecule has 0 aliphatic heterocycles. The molecule has 1 atom stereocenters. The predicted octanol–water partition coefficient (Wildman–Crippen LogP) is 4.08. The maximum atomic E-state index is 12.6. The first-order valence-corrected chi connectivity index (χ1v) is 9.46. The summed E-state index contributed by atoms with van der Waals surface area (Å²) in [5.74, 6) is 1.50. The van der Waals surface area contributed by atoms with Gasteiger partial charge in [-0.3, -0.25) is 4.79 Å². The zero-order valence-corrected chi connectivity index (χ0v) is 15.8. The quantitative estimate of drug-likeness (QED) is 0.600. The Hall–Kier alpha value is -2.08. The molecule has 1 aliphatic carbocycles. The Morgan fingerprint density at radius 2 is 2.20 bits per heavy atom. The zero-order chi connectivity index (χ0) is 18.0. The summed E-state index contributed by atoms with van der Waals surface area (Å²) in [7, 11) is 0. The van der Waals surface area contributed by atoms with Crippen molar-refractivity contribution in [2.45, 2.75) is 56.5 Å². The highest BCUT2D eigenvalue weighted by Gasteiger charge is 2.31. The van der Waals surface area contributed by atoms with Gasteiger partial charge in [-0.1, -0.05) is 30.0 Å². The number of rotatable bonds is 7. The third-order valence-electron chi connectivity index (χ3n) is 4.30. The number of benzene rings is 1. The Kier molecular flexibility index (Phi) is 5.27. The molecule has 132 valence electrons. The molecular weight excluding hydrogens is 332 g/mol. The van der Waals surface area contributed by atoms with E-state index in [2.05, 4.69) is 26.7 Å². The van der Waals surface area contributed by atoms with Crippen LogP contribution in [-0.4, -0.2) is 25.9 Å². The van der Waals surface area contributed by atoms with Crippen LogP contribution in [0.3, 0.4) is 0 Å². The van der Waals surface area contributed by atoms with Crippen molar-refractivity contribution < 1.29 is 4.79 Å². The normalized spacial score (nSPS) is 15.0. The maximum absolute atomic E-state index is 12.6. The van der Waals surface area contributed by atoms with Gasteiger partial charge in [0.15, 0.2) is 5.16 Å². The average Bonchev–Trinajstić information content (AvgIpc) is 3.35. The zero-order valence-electron chi connectivity index (χ0n) is 15.0. The van der Waals surface area contributed by atoms with E-state index in [1.165, 1.54) is 24.6 Å². The lowest BCUT2D eigenvalue weighted by molar-refractivity contribution is -0.115. The van der Waals surface area contributed by atoms with Gasteiger partial charge in [-0.15, -0.1) is 16.8 Å². The molecule has 1 saturated carbocycles. The van der Waals surface area contributed by atoms with E-state index >= 15 is 0 Å². The number of aromatic nitrogens is 3. The van der Waals surface area contributed by atoms with Crippen LogP contribution in [0.4, 0.5) is 5.69 Å². The third-order valence-corrected chi connectivity index (χ3v) is 5.38. The van der Waals surface area contributed by atoms with Gasteiger partial charge in [-0.25, -0.2) is 0 Å². The summed E-state index contributed by atoms with van der Waals surface area (Å²) in [6, 6.07) is 6.06. The monoisotopic (exact) mass is 356 g/mol. The molecule has 0 bridgehead atoms. The Labute approximate surface area is 152 Å². The number of hydrogen-bond acceptors (Lipinski definition) is 4. The van der Waals surface area contributed by atoms with Crippen molar-refractivity contribution in [1.82, 2.24) is 14.8 Å². The van der Waals surface area contributed by atoms with E-state index in [4.69, 9.17) is 0 Å². The molecule has 0 radical (unpaired) electrons. The molecule has 1 unspecified atom stereocenters. The summed E-state index contributed by atoms with van der Waals surface area (Å²) in [5, 5.41) is 12.2. The van der Waals surface area contributed by atoms with Crippen molar-refractivity contribution in [3.8, 4) is 0 Å². The number of carbonyl (C=O) groups excluding carboxylic acids is 1. The van der Waals surface area contributed by atoms with Crippen LogP contribution < -0.4 is 5.32 Å². The molecule has 1 heterocycles. The lowest BCUT2D eigenvalue weighted by Gasteiger charge is -2.14. The van der Waals surface area contributed by atoms with Gasteiger partial charge in [0.1, 0.15) is 5.82 Å². The first-order chi connectivity index (χ1) is 12.0. The number of nitrogens with zero attached hydrogens (tertiary/aromatic N) is 3. The number of allylic oxidation sites excluding steroid dienone is 1. The molecule has 1 N–H and O–H groups in total. The number of hydrogen-bond donors (Lipinski definition) is 1. The molecular formula is C19H24N4OS. The van der Waals surface area contributed by atoms with Gasteiger partial charge in [0.05, 0.1) is 5.25 Å². The fourth-order valence-electron chi connectivity index (χ4n) is 2.65. The van der Waals surface area contributed by atoms with E-state index in [9.17, 15) is 4.79 Å². The second-order valence-electron chi connectivity index (χ2n) is 6.58. The average molecular weight is 356 g/mol. The standard InChI is InChI=1S/C19H24N4OS/c1-5-10-23-17(15-8-9-15)21-22-19(23)25-14(4)18(24)20-16-11-12(2)6-7-13(16)3/h5-7,11,14-15H,1,8-10H2,2-4H3,(H,20,24). The molecule has 2 aromatic rings. The highest BCUT2D eigenvalue weighted by molar-refractivity contribution is 8.00. The Morgan fingerprint density at radius 1 is 1.44 bits per heavy atom. The fraction of sp³-hybridized carbons (Fsp3) is 0.421. The van der Waals surface area contributed by atoms with Crippen molar-refractivity contribution in [3.05, 3.63) is 47.8 Å². The van der Waals surface area contributed by atoms with Gasteiger partial charge in [0.25, 0.3) is 0 Å². The fourth-order valence-corrected chi connectivity index (χ4v) is 3.51. The Bertz CT molecular complexity index is 795. The summed E-state index contributed by atoms with van der Waals surface area (Å²) in [4.78, 5) is 12.6. The number of carbonyl (C=O) groups is 1. The molecule has 1 aromatic heterocycles. The molecule has 1 aliphatic rings. The molecule has 6 heteroatoms. The van der Waals surface area contributed by atoms with Gasteiger partial charge in [0.2, 0.25) is 5.91 Å². The molecule has 0 saturated heterocycles. The van der Waals surface area contributed by atoms with E-state index in [1.807, 2.05) is 45.0 Å².